The number of anilines is 1. The highest BCUT2D eigenvalue weighted by Gasteiger charge is 2.44. The molecule has 1 aliphatic rings. The van der Waals surface area contributed by atoms with Gasteiger partial charge in [-0.3, -0.25) is 9.78 Å². The van der Waals surface area contributed by atoms with Crippen molar-refractivity contribution in [3.8, 4) is 5.75 Å². The minimum atomic E-state index is -0.0389. The Morgan fingerprint density at radius 1 is 1.11 bits per heavy atom. The first-order chi connectivity index (χ1) is 13.2. The number of pyridine rings is 1. The quantitative estimate of drug-likeness (QED) is 0.652. The predicted octanol–water partition coefficient (Wildman–Crippen LogP) is 5.06. The van der Waals surface area contributed by atoms with E-state index in [-0.39, 0.29) is 17.7 Å². The van der Waals surface area contributed by atoms with Crippen molar-refractivity contribution in [1.82, 2.24) is 4.98 Å². The van der Waals surface area contributed by atoms with Crippen LogP contribution in [0, 0.1) is 5.92 Å². The Hall–Kier alpha value is -2.85. The van der Waals surface area contributed by atoms with E-state index in [1.165, 1.54) is 0 Å². The molecular formula is C22H19ClN2O2. The molecule has 0 aliphatic heterocycles. The van der Waals surface area contributed by atoms with Gasteiger partial charge in [0.2, 0.25) is 5.91 Å². The van der Waals surface area contributed by atoms with Crippen molar-refractivity contribution in [2.24, 2.45) is 5.92 Å². The monoisotopic (exact) mass is 378 g/mol. The second-order valence-electron chi connectivity index (χ2n) is 6.60. The van der Waals surface area contributed by atoms with E-state index >= 15 is 0 Å². The summed E-state index contributed by atoms with van der Waals surface area (Å²) in [6.45, 7) is 0.384. The van der Waals surface area contributed by atoms with Gasteiger partial charge in [-0.1, -0.05) is 41.9 Å². The van der Waals surface area contributed by atoms with E-state index in [9.17, 15) is 4.79 Å². The van der Waals surface area contributed by atoms with Crippen molar-refractivity contribution in [3.05, 3.63) is 89.2 Å². The zero-order chi connectivity index (χ0) is 18.6. The van der Waals surface area contributed by atoms with Crippen molar-refractivity contribution in [2.75, 3.05) is 5.32 Å². The Morgan fingerprint density at radius 2 is 1.96 bits per heavy atom. The van der Waals surface area contributed by atoms with Gasteiger partial charge in [0.05, 0.1) is 5.69 Å². The van der Waals surface area contributed by atoms with Gasteiger partial charge in [-0.25, -0.2) is 0 Å². The van der Waals surface area contributed by atoms with Gasteiger partial charge in [0.25, 0.3) is 0 Å². The van der Waals surface area contributed by atoms with Crippen LogP contribution in [0.1, 0.15) is 23.6 Å². The summed E-state index contributed by atoms with van der Waals surface area (Å²) in [4.78, 5) is 16.8. The molecule has 2 unspecified atom stereocenters. The molecule has 27 heavy (non-hydrogen) atoms. The predicted molar refractivity (Wildman–Crippen MR) is 106 cm³/mol. The molecule has 1 heterocycles. The van der Waals surface area contributed by atoms with Crippen LogP contribution in [0.3, 0.4) is 0 Å². The number of nitrogens with zero attached hydrogens (tertiary/aromatic N) is 1. The third kappa shape index (κ3) is 4.29. The van der Waals surface area contributed by atoms with Gasteiger partial charge in [-0.2, -0.15) is 0 Å². The Labute approximate surface area is 163 Å². The number of nitrogens with one attached hydrogen (secondary N) is 1. The molecule has 1 aliphatic carbocycles. The fourth-order valence-electron chi connectivity index (χ4n) is 3.14. The van der Waals surface area contributed by atoms with Gasteiger partial charge in [-0.05, 0) is 48.2 Å². The Balaban J connectivity index is 1.36. The van der Waals surface area contributed by atoms with E-state index in [4.69, 9.17) is 16.3 Å². The molecular weight excluding hydrogens is 360 g/mol. The van der Waals surface area contributed by atoms with Gasteiger partial charge < -0.3 is 10.1 Å². The first-order valence-electron chi connectivity index (χ1n) is 8.89. The Morgan fingerprint density at radius 3 is 2.78 bits per heavy atom. The van der Waals surface area contributed by atoms with E-state index in [1.807, 2.05) is 66.7 Å². The topological polar surface area (TPSA) is 51.2 Å². The largest absolute Gasteiger partial charge is 0.487 e. The summed E-state index contributed by atoms with van der Waals surface area (Å²) in [5, 5.41) is 3.71. The van der Waals surface area contributed by atoms with Crippen LogP contribution < -0.4 is 10.1 Å². The average Bonchev–Trinajstić information content (AvgIpc) is 3.49. The van der Waals surface area contributed by atoms with Crippen molar-refractivity contribution in [3.63, 3.8) is 0 Å². The maximum absolute atomic E-state index is 12.6. The molecule has 0 bridgehead atoms. The number of ether oxygens (including phenoxy) is 1. The molecule has 1 aromatic heterocycles. The van der Waals surface area contributed by atoms with Crippen LogP contribution in [0.15, 0.2) is 72.9 Å². The number of amides is 1. The minimum absolute atomic E-state index is 0.0156. The maximum Gasteiger partial charge on any atom is 0.228 e. The molecule has 1 saturated carbocycles. The average molecular weight is 379 g/mol. The molecule has 5 heteroatoms. The van der Waals surface area contributed by atoms with Crippen LogP contribution in [-0.4, -0.2) is 10.9 Å². The zero-order valence-electron chi connectivity index (χ0n) is 14.6. The van der Waals surface area contributed by atoms with Crippen LogP contribution in [0.5, 0.6) is 5.75 Å². The van der Waals surface area contributed by atoms with Gasteiger partial charge in [0.1, 0.15) is 12.4 Å². The zero-order valence-corrected chi connectivity index (χ0v) is 15.4. The first kappa shape index (κ1) is 17.6. The van der Waals surface area contributed by atoms with Crippen LogP contribution in [-0.2, 0) is 11.4 Å². The number of halogens is 1. The number of aromatic nitrogens is 1. The number of carbonyl (C=O) groups excluding carboxylic acids is 1. The molecule has 0 saturated heterocycles. The van der Waals surface area contributed by atoms with Crippen LogP contribution in [0.2, 0.25) is 5.02 Å². The summed E-state index contributed by atoms with van der Waals surface area (Å²) in [6.07, 6.45) is 2.56. The standard InChI is InChI=1S/C22H19ClN2O2/c23-21-10-2-1-9-18(21)19-13-20(19)22(26)25-15-7-5-8-17(12-15)27-14-16-6-3-4-11-24-16/h1-12,19-20H,13-14H2,(H,25,26). The lowest BCUT2D eigenvalue weighted by Crippen LogP contribution is -2.14. The van der Waals surface area contributed by atoms with E-state index in [0.29, 0.717) is 12.4 Å². The second-order valence-corrected chi connectivity index (χ2v) is 7.00. The minimum Gasteiger partial charge on any atom is -0.487 e. The lowest BCUT2D eigenvalue weighted by molar-refractivity contribution is -0.117. The highest BCUT2D eigenvalue weighted by atomic mass is 35.5. The van der Waals surface area contributed by atoms with Crippen molar-refractivity contribution in [1.29, 1.82) is 0 Å². The lowest BCUT2D eigenvalue weighted by atomic mass is 10.1. The van der Waals surface area contributed by atoms with E-state index in [2.05, 4.69) is 10.3 Å². The van der Waals surface area contributed by atoms with Gasteiger partial charge in [0.15, 0.2) is 0 Å². The van der Waals surface area contributed by atoms with Gasteiger partial charge in [0, 0.05) is 28.9 Å². The molecule has 0 radical (unpaired) electrons. The third-order valence-electron chi connectivity index (χ3n) is 4.65. The van der Waals surface area contributed by atoms with Crippen LogP contribution in [0.25, 0.3) is 0 Å². The third-order valence-corrected chi connectivity index (χ3v) is 4.99. The molecule has 1 N–H and O–H groups in total. The molecule has 3 aromatic rings. The van der Waals surface area contributed by atoms with E-state index in [1.54, 1.807) is 6.20 Å². The SMILES string of the molecule is O=C(Nc1cccc(OCc2ccccn2)c1)C1CC1c1ccccc1Cl. The molecule has 2 aromatic carbocycles. The maximum atomic E-state index is 12.6. The number of hydrogen-bond donors (Lipinski definition) is 1. The summed E-state index contributed by atoms with van der Waals surface area (Å²) in [6, 6.07) is 20.8. The molecule has 0 spiro atoms. The fraction of sp³-hybridized carbons (Fsp3) is 0.182. The summed E-state index contributed by atoms with van der Waals surface area (Å²) >= 11 is 6.24. The second kappa shape index (κ2) is 7.80. The Kier molecular flexibility index (Phi) is 5.07. The normalized spacial score (nSPS) is 18.0. The van der Waals surface area contributed by atoms with Gasteiger partial charge in [-0.15, -0.1) is 0 Å². The smallest absolute Gasteiger partial charge is 0.228 e. The van der Waals surface area contributed by atoms with Crippen LogP contribution >= 0.6 is 11.6 Å². The summed E-state index contributed by atoms with van der Waals surface area (Å²) in [5.41, 5.74) is 2.63. The fourth-order valence-corrected chi connectivity index (χ4v) is 3.42. The molecule has 2 atom stereocenters. The van der Waals surface area contributed by atoms with Gasteiger partial charge >= 0.3 is 0 Å². The first-order valence-corrected chi connectivity index (χ1v) is 9.26. The van der Waals surface area contributed by atoms with Crippen molar-refractivity contribution >= 4 is 23.2 Å². The summed E-state index contributed by atoms with van der Waals surface area (Å²) < 4.78 is 5.77. The summed E-state index contributed by atoms with van der Waals surface area (Å²) in [7, 11) is 0. The number of carbonyl (C=O) groups is 1. The van der Waals surface area contributed by atoms with Crippen molar-refractivity contribution in [2.45, 2.75) is 18.9 Å². The molecule has 1 amide bonds. The number of hydrogen-bond acceptors (Lipinski definition) is 3. The number of benzene rings is 2. The molecule has 1 fully saturated rings. The van der Waals surface area contributed by atoms with Crippen LogP contribution in [0.4, 0.5) is 5.69 Å². The highest BCUT2D eigenvalue weighted by molar-refractivity contribution is 6.31. The molecule has 136 valence electrons. The highest BCUT2D eigenvalue weighted by Crippen LogP contribution is 2.50. The van der Waals surface area contributed by atoms with E-state index < -0.39 is 0 Å². The Bertz CT molecular complexity index is 946. The molecule has 4 nitrogen and oxygen atoms in total. The van der Waals surface area contributed by atoms with E-state index in [0.717, 1.165) is 28.4 Å². The number of rotatable bonds is 6. The van der Waals surface area contributed by atoms with Crippen molar-refractivity contribution < 1.29 is 9.53 Å². The lowest BCUT2D eigenvalue weighted by Gasteiger charge is -2.09. The summed E-state index contributed by atoms with van der Waals surface area (Å²) in [5.74, 6) is 0.865. The molecule has 4 rings (SSSR count).